The SMILES string of the molecule is N#Cc1cccc(C(=O)N[C@]23CCC[C@](NC(=O)c4ccccn4)(CC2)C3)c1. The molecule has 0 aliphatic heterocycles. The Morgan fingerprint density at radius 3 is 2.39 bits per heavy atom. The molecule has 1 aromatic carbocycles. The van der Waals surface area contributed by atoms with Crippen LogP contribution in [0.1, 0.15) is 64.9 Å². The van der Waals surface area contributed by atoms with Gasteiger partial charge in [0.15, 0.2) is 0 Å². The maximum Gasteiger partial charge on any atom is 0.270 e. The second-order valence-corrected chi connectivity index (χ2v) is 7.91. The van der Waals surface area contributed by atoms with Crippen LogP contribution in [-0.4, -0.2) is 27.9 Å². The molecular formula is C22H22N4O2. The van der Waals surface area contributed by atoms with E-state index in [1.54, 1.807) is 48.7 Å². The molecule has 2 fully saturated rings. The first kappa shape index (κ1) is 18.2. The van der Waals surface area contributed by atoms with Crippen LogP contribution in [0.15, 0.2) is 48.7 Å². The molecule has 1 aromatic heterocycles. The fourth-order valence-corrected chi connectivity index (χ4v) is 4.68. The Balaban J connectivity index is 1.48. The van der Waals surface area contributed by atoms with E-state index in [0.717, 1.165) is 38.5 Å². The maximum atomic E-state index is 12.8. The first-order valence-electron chi connectivity index (χ1n) is 9.60. The summed E-state index contributed by atoms with van der Waals surface area (Å²) in [5.74, 6) is -0.322. The number of aromatic nitrogens is 1. The number of hydrogen-bond donors (Lipinski definition) is 2. The normalized spacial score (nSPS) is 25.5. The number of carbonyl (C=O) groups is 2. The number of carbonyl (C=O) groups excluding carboxylic acids is 2. The number of nitrogens with zero attached hydrogens (tertiary/aromatic N) is 2. The van der Waals surface area contributed by atoms with Crippen molar-refractivity contribution in [2.45, 2.75) is 49.6 Å². The highest BCUT2D eigenvalue weighted by atomic mass is 16.2. The lowest BCUT2D eigenvalue weighted by atomic mass is 9.78. The predicted octanol–water partition coefficient (Wildman–Crippen LogP) is 2.96. The standard InChI is InChI=1S/C22H22N4O2/c23-14-16-5-3-6-17(13-16)19(27)25-21-8-4-9-22(15-21,11-10-21)26-20(28)18-7-1-2-12-24-18/h1-3,5-7,12-13H,4,8-11,15H2,(H,25,27)(H,26,28)/t21-,22+/m1/s1. The Labute approximate surface area is 164 Å². The van der Waals surface area contributed by atoms with E-state index in [4.69, 9.17) is 5.26 Å². The molecule has 0 spiro atoms. The molecule has 2 N–H and O–H groups in total. The van der Waals surface area contributed by atoms with Crippen molar-refractivity contribution < 1.29 is 9.59 Å². The average Bonchev–Trinajstić information content (AvgIpc) is 2.98. The van der Waals surface area contributed by atoms with Crippen LogP contribution in [0, 0.1) is 11.3 Å². The second-order valence-electron chi connectivity index (χ2n) is 7.91. The lowest BCUT2D eigenvalue weighted by molar-refractivity contribution is 0.0829. The van der Waals surface area contributed by atoms with Crippen LogP contribution in [0.25, 0.3) is 0 Å². The van der Waals surface area contributed by atoms with Crippen LogP contribution in [0.5, 0.6) is 0 Å². The van der Waals surface area contributed by atoms with Gasteiger partial charge in [-0.15, -0.1) is 0 Å². The third kappa shape index (κ3) is 3.48. The molecule has 6 heteroatoms. The summed E-state index contributed by atoms with van der Waals surface area (Å²) in [6.07, 6.45) is 6.76. The van der Waals surface area contributed by atoms with Crippen molar-refractivity contribution in [3.05, 3.63) is 65.5 Å². The Morgan fingerprint density at radius 1 is 0.964 bits per heavy atom. The fraction of sp³-hybridized carbons (Fsp3) is 0.364. The molecule has 28 heavy (non-hydrogen) atoms. The topological polar surface area (TPSA) is 94.9 Å². The van der Waals surface area contributed by atoms with Crippen molar-refractivity contribution in [2.24, 2.45) is 0 Å². The van der Waals surface area contributed by atoms with Crippen LogP contribution >= 0.6 is 0 Å². The Kier molecular flexibility index (Phi) is 4.60. The van der Waals surface area contributed by atoms with Gasteiger partial charge in [-0.2, -0.15) is 5.26 Å². The zero-order valence-corrected chi connectivity index (χ0v) is 15.6. The summed E-state index contributed by atoms with van der Waals surface area (Å²) in [6.45, 7) is 0. The van der Waals surface area contributed by atoms with Gasteiger partial charge in [0, 0.05) is 22.8 Å². The molecule has 2 atom stereocenters. The van der Waals surface area contributed by atoms with E-state index in [1.165, 1.54) is 0 Å². The smallest absolute Gasteiger partial charge is 0.270 e. The van der Waals surface area contributed by atoms with E-state index < -0.39 is 0 Å². The van der Waals surface area contributed by atoms with Crippen LogP contribution in [-0.2, 0) is 0 Å². The van der Waals surface area contributed by atoms with Gasteiger partial charge in [-0.3, -0.25) is 14.6 Å². The first-order chi connectivity index (χ1) is 13.5. The van der Waals surface area contributed by atoms with Gasteiger partial charge in [-0.05, 0) is 68.9 Å². The zero-order chi connectivity index (χ0) is 19.6. The van der Waals surface area contributed by atoms with E-state index in [-0.39, 0.29) is 22.9 Å². The molecule has 2 saturated carbocycles. The van der Waals surface area contributed by atoms with E-state index in [1.807, 2.05) is 0 Å². The van der Waals surface area contributed by atoms with Crippen LogP contribution < -0.4 is 10.6 Å². The number of fused-ring (bicyclic) bond motifs is 2. The summed E-state index contributed by atoms with van der Waals surface area (Å²) in [7, 11) is 0. The molecule has 1 heterocycles. The first-order valence-corrected chi connectivity index (χ1v) is 9.60. The van der Waals surface area contributed by atoms with Gasteiger partial charge in [0.1, 0.15) is 5.69 Å². The van der Waals surface area contributed by atoms with Crippen LogP contribution in [0.3, 0.4) is 0 Å². The third-order valence-electron chi connectivity index (χ3n) is 5.98. The minimum Gasteiger partial charge on any atom is -0.347 e. The van der Waals surface area contributed by atoms with Gasteiger partial charge in [0.25, 0.3) is 11.8 Å². The van der Waals surface area contributed by atoms with Crippen molar-refractivity contribution in [3.8, 4) is 6.07 Å². The van der Waals surface area contributed by atoms with Crippen molar-refractivity contribution in [1.29, 1.82) is 5.26 Å². The van der Waals surface area contributed by atoms with Crippen LogP contribution in [0.2, 0.25) is 0 Å². The molecule has 6 nitrogen and oxygen atoms in total. The third-order valence-corrected chi connectivity index (χ3v) is 5.98. The number of hydrogen-bond acceptors (Lipinski definition) is 4. The summed E-state index contributed by atoms with van der Waals surface area (Å²) in [5.41, 5.74) is 0.771. The largest absolute Gasteiger partial charge is 0.347 e. The number of pyridine rings is 1. The van der Waals surface area contributed by atoms with Gasteiger partial charge in [0.2, 0.25) is 0 Å². The summed E-state index contributed by atoms with van der Waals surface area (Å²) in [6, 6.07) is 14.1. The summed E-state index contributed by atoms with van der Waals surface area (Å²) >= 11 is 0. The molecule has 2 aliphatic rings. The molecule has 2 bridgehead atoms. The lowest BCUT2D eigenvalue weighted by Crippen LogP contribution is -2.55. The number of amides is 2. The zero-order valence-electron chi connectivity index (χ0n) is 15.6. The number of nitrogens with one attached hydrogen (secondary N) is 2. The van der Waals surface area contributed by atoms with Gasteiger partial charge >= 0.3 is 0 Å². The second kappa shape index (κ2) is 7.08. The molecule has 0 radical (unpaired) electrons. The molecule has 2 aliphatic carbocycles. The quantitative estimate of drug-likeness (QED) is 0.860. The molecule has 0 saturated heterocycles. The van der Waals surface area contributed by atoms with Crippen molar-refractivity contribution >= 4 is 11.8 Å². The summed E-state index contributed by atoms with van der Waals surface area (Å²) in [4.78, 5) is 29.6. The molecule has 4 rings (SSSR count). The molecule has 142 valence electrons. The summed E-state index contributed by atoms with van der Waals surface area (Å²) < 4.78 is 0. The van der Waals surface area contributed by atoms with E-state index in [0.29, 0.717) is 16.8 Å². The number of benzene rings is 1. The Morgan fingerprint density at radius 2 is 1.71 bits per heavy atom. The van der Waals surface area contributed by atoms with E-state index in [9.17, 15) is 9.59 Å². The number of nitriles is 1. The maximum absolute atomic E-state index is 12.8. The predicted molar refractivity (Wildman–Crippen MR) is 103 cm³/mol. The van der Waals surface area contributed by atoms with E-state index in [2.05, 4.69) is 21.7 Å². The lowest BCUT2D eigenvalue weighted by Gasteiger charge is -2.40. The molecule has 0 unspecified atom stereocenters. The van der Waals surface area contributed by atoms with Crippen molar-refractivity contribution in [3.63, 3.8) is 0 Å². The Hall–Kier alpha value is -3.20. The van der Waals surface area contributed by atoms with Gasteiger partial charge < -0.3 is 10.6 Å². The van der Waals surface area contributed by atoms with Gasteiger partial charge in [-0.1, -0.05) is 12.1 Å². The minimum atomic E-state index is -0.310. The monoisotopic (exact) mass is 374 g/mol. The van der Waals surface area contributed by atoms with Crippen molar-refractivity contribution in [2.75, 3.05) is 0 Å². The van der Waals surface area contributed by atoms with Crippen molar-refractivity contribution in [1.82, 2.24) is 15.6 Å². The molecular weight excluding hydrogens is 352 g/mol. The highest BCUT2D eigenvalue weighted by molar-refractivity contribution is 5.95. The van der Waals surface area contributed by atoms with Crippen LogP contribution in [0.4, 0.5) is 0 Å². The highest BCUT2D eigenvalue weighted by Gasteiger charge is 2.52. The van der Waals surface area contributed by atoms with Gasteiger partial charge in [0.05, 0.1) is 11.6 Å². The average molecular weight is 374 g/mol. The molecule has 2 amide bonds. The Bertz CT molecular complexity index is 953. The van der Waals surface area contributed by atoms with E-state index >= 15 is 0 Å². The van der Waals surface area contributed by atoms with Gasteiger partial charge in [-0.25, -0.2) is 0 Å². The minimum absolute atomic E-state index is 0.161. The molecule has 2 aromatic rings. The summed E-state index contributed by atoms with van der Waals surface area (Å²) in [5, 5.41) is 15.5. The highest BCUT2D eigenvalue weighted by Crippen LogP contribution is 2.48. The number of rotatable bonds is 4. The fourth-order valence-electron chi connectivity index (χ4n) is 4.68.